The Kier molecular flexibility index (Phi) is 3.38. The Balaban J connectivity index is 1.77. The molecule has 1 saturated carbocycles. The van der Waals surface area contributed by atoms with Gasteiger partial charge in [-0.2, -0.15) is 5.10 Å². The molecule has 0 bridgehead atoms. The molecule has 15 heavy (non-hydrogen) atoms. The van der Waals surface area contributed by atoms with Gasteiger partial charge in [-0.25, -0.2) is 0 Å². The van der Waals surface area contributed by atoms with Crippen LogP contribution < -0.4 is 5.73 Å². The SMILES string of the molecule is NCC1(OCCn2cccn2)CCCC1. The van der Waals surface area contributed by atoms with Crippen LogP contribution in [0.4, 0.5) is 0 Å². The molecule has 0 radical (unpaired) electrons. The summed E-state index contributed by atoms with van der Waals surface area (Å²) in [5, 5.41) is 4.13. The van der Waals surface area contributed by atoms with E-state index in [0.29, 0.717) is 13.2 Å². The summed E-state index contributed by atoms with van der Waals surface area (Å²) in [4.78, 5) is 0. The van der Waals surface area contributed by atoms with E-state index >= 15 is 0 Å². The largest absolute Gasteiger partial charge is 0.372 e. The maximum atomic E-state index is 5.93. The van der Waals surface area contributed by atoms with Crippen LogP contribution in [0.15, 0.2) is 18.5 Å². The van der Waals surface area contributed by atoms with Crippen molar-refractivity contribution in [2.45, 2.75) is 37.8 Å². The summed E-state index contributed by atoms with van der Waals surface area (Å²) in [6, 6.07) is 1.92. The molecule has 2 N–H and O–H groups in total. The smallest absolute Gasteiger partial charge is 0.0805 e. The average molecular weight is 209 g/mol. The van der Waals surface area contributed by atoms with Crippen LogP contribution in [0, 0.1) is 0 Å². The van der Waals surface area contributed by atoms with Gasteiger partial charge in [0.05, 0.1) is 18.8 Å². The maximum absolute atomic E-state index is 5.93. The van der Waals surface area contributed by atoms with Crippen LogP contribution in [0.2, 0.25) is 0 Å². The molecule has 1 aromatic rings. The second-order valence-electron chi connectivity index (χ2n) is 4.21. The number of nitrogens with two attached hydrogens (primary N) is 1. The Labute approximate surface area is 90.4 Å². The lowest BCUT2D eigenvalue weighted by molar-refractivity contribution is -0.0377. The van der Waals surface area contributed by atoms with Crippen LogP contribution in [0.3, 0.4) is 0 Å². The molecule has 0 unspecified atom stereocenters. The zero-order valence-corrected chi connectivity index (χ0v) is 9.06. The van der Waals surface area contributed by atoms with Crippen molar-refractivity contribution in [1.29, 1.82) is 0 Å². The van der Waals surface area contributed by atoms with Crippen LogP contribution in [-0.2, 0) is 11.3 Å². The minimum Gasteiger partial charge on any atom is -0.372 e. The van der Waals surface area contributed by atoms with E-state index in [4.69, 9.17) is 10.5 Å². The first-order chi connectivity index (χ1) is 7.35. The summed E-state index contributed by atoms with van der Waals surface area (Å²) < 4.78 is 7.82. The molecule has 84 valence electrons. The molecule has 4 nitrogen and oxygen atoms in total. The van der Waals surface area contributed by atoms with E-state index in [1.54, 1.807) is 6.20 Å². The van der Waals surface area contributed by atoms with Crippen LogP contribution in [-0.4, -0.2) is 28.5 Å². The fraction of sp³-hybridized carbons (Fsp3) is 0.727. The van der Waals surface area contributed by atoms with E-state index in [0.717, 1.165) is 19.4 Å². The highest BCUT2D eigenvalue weighted by atomic mass is 16.5. The van der Waals surface area contributed by atoms with Crippen LogP contribution >= 0.6 is 0 Å². The first kappa shape index (κ1) is 10.6. The van der Waals surface area contributed by atoms with Gasteiger partial charge >= 0.3 is 0 Å². The van der Waals surface area contributed by atoms with Gasteiger partial charge < -0.3 is 10.5 Å². The van der Waals surface area contributed by atoms with Crippen molar-refractivity contribution in [3.8, 4) is 0 Å². The summed E-state index contributed by atoms with van der Waals surface area (Å²) in [5.41, 5.74) is 5.75. The third-order valence-electron chi connectivity index (χ3n) is 3.17. The van der Waals surface area contributed by atoms with E-state index in [2.05, 4.69) is 5.10 Å². The van der Waals surface area contributed by atoms with Crippen LogP contribution in [0.1, 0.15) is 25.7 Å². The average Bonchev–Trinajstić information content (AvgIpc) is 2.89. The molecule has 0 aliphatic heterocycles. The number of ether oxygens (including phenoxy) is 1. The quantitative estimate of drug-likeness (QED) is 0.792. The van der Waals surface area contributed by atoms with Gasteiger partial charge in [0.15, 0.2) is 0 Å². The zero-order chi connectivity index (χ0) is 10.6. The third kappa shape index (κ3) is 2.58. The van der Waals surface area contributed by atoms with Crippen molar-refractivity contribution in [1.82, 2.24) is 9.78 Å². The molecule has 1 aliphatic carbocycles. The highest BCUT2D eigenvalue weighted by Gasteiger charge is 2.32. The first-order valence-corrected chi connectivity index (χ1v) is 5.66. The second-order valence-corrected chi connectivity index (χ2v) is 4.21. The normalized spacial score (nSPS) is 19.5. The highest BCUT2D eigenvalue weighted by molar-refractivity contribution is 4.87. The molecule has 1 aliphatic rings. The summed E-state index contributed by atoms with van der Waals surface area (Å²) in [6.07, 6.45) is 8.46. The fourth-order valence-electron chi connectivity index (χ4n) is 2.22. The maximum Gasteiger partial charge on any atom is 0.0805 e. The Morgan fingerprint density at radius 2 is 2.20 bits per heavy atom. The predicted octanol–water partition coefficient (Wildman–Crippen LogP) is 1.17. The van der Waals surface area contributed by atoms with Gasteiger partial charge in [0.1, 0.15) is 0 Å². The number of hydrogen-bond acceptors (Lipinski definition) is 3. The molecule has 1 aromatic heterocycles. The summed E-state index contributed by atoms with van der Waals surface area (Å²) in [5.74, 6) is 0. The lowest BCUT2D eigenvalue weighted by atomic mass is 10.0. The third-order valence-corrected chi connectivity index (χ3v) is 3.17. The predicted molar refractivity (Wildman–Crippen MR) is 58.4 cm³/mol. The lowest BCUT2D eigenvalue weighted by Crippen LogP contribution is -2.38. The van der Waals surface area contributed by atoms with Crippen molar-refractivity contribution in [2.24, 2.45) is 5.73 Å². The Bertz CT molecular complexity index is 278. The molecule has 0 spiro atoms. The number of hydrogen-bond donors (Lipinski definition) is 1. The minimum atomic E-state index is -0.0346. The van der Waals surface area contributed by atoms with E-state index in [9.17, 15) is 0 Å². The minimum absolute atomic E-state index is 0.0346. The van der Waals surface area contributed by atoms with Crippen molar-refractivity contribution < 1.29 is 4.74 Å². The summed E-state index contributed by atoms with van der Waals surface area (Å²) in [7, 11) is 0. The van der Waals surface area contributed by atoms with Crippen molar-refractivity contribution in [2.75, 3.05) is 13.2 Å². The Morgan fingerprint density at radius 1 is 1.40 bits per heavy atom. The Hall–Kier alpha value is -0.870. The summed E-state index contributed by atoms with van der Waals surface area (Å²) >= 11 is 0. The van der Waals surface area contributed by atoms with E-state index in [1.165, 1.54) is 12.8 Å². The molecule has 1 heterocycles. The summed E-state index contributed by atoms with van der Waals surface area (Å²) in [6.45, 7) is 2.17. The highest BCUT2D eigenvalue weighted by Crippen LogP contribution is 2.32. The number of nitrogens with zero attached hydrogens (tertiary/aromatic N) is 2. The molecular formula is C11H19N3O. The van der Waals surface area contributed by atoms with Gasteiger partial charge in [-0.15, -0.1) is 0 Å². The topological polar surface area (TPSA) is 53.1 Å². The monoisotopic (exact) mass is 209 g/mol. The van der Waals surface area contributed by atoms with E-state index in [1.807, 2.05) is 16.9 Å². The molecular weight excluding hydrogens is 190 g/mol. The van der Waals surface area contributed by atoms with E-state index < -0.39 is 0 Å². The van der Waals surface area contributed by atoms with Gasteiger partial charge in [0, 0.05) is 18.9 Å². The van der Waals surface area contributed by atoms with Gasteiger partial charge in [0.25, 0.3) is 0 Å². The molecule has 1 fully saturated rings. The van der Waals surface area contributed by atoms with Gasteiger partial charge in [-0.3, -0.25) is 4.68 Å². The molecule has 0 saturated heterocycles. The van der Waals surface area contributed by atoms with E-state index in [-0.39, 0.29) is 5.60 Å². The van der Waals surface area contributed by atoms with Crippen molar-refractivity contribution >= 4 is 0 Å². The van der Waals surface area contributed by atoms with Gasteiger partial charge in [0.2, 0.25) is 0 Å². The van der Waals surface area contributed by atoms with Gasteiger partial charge in [-0.1, -0.05) is 12.8 Å². The second kappa shape index (κ2) is 4.77. The number of aromatic nitrogens is 2. The molecule has 0 aromatic carbocycles. The molecule has 2 rings (SSSR count). The lowest BCUT2D eigenvalue weighted by Gasteiger charge is -2.27. The Morgan fingerprint density at radius 3 is 2.80 bits per heavy atom. The fourth-order valence-corrected chi connectivity index (χ4v) is 2.22. The van der Waals surface area contributed by atoms with Gasteiger partial charge in [-0.05, 0) is 18.9 Å². The molecule has 0 atom stereocenters. The standard InChI is InChI=1S/C11H19N3O/c12-10-11(4-1-2-5-11)15-9-8-14-7-3-6-13-14/h3,6-7H,1-2,4-5,8-10,12H2. The van der Waals surface area contributed by atoms with Crippen LogP contribution in [0.5, 0.6) is 0 Å². The van der Waals surface area contributed by atoms with Crippen LogP contribution in [0.25, 0.3) is 0 Å². The van der Waals surface area contributed by atoms with Crippen molar-refractivity contribution in [3.63, 3.8) is 0 Å². The van der Waals surface area contributed by atoms with Crippen molar-refractivity contribution in [3.05, 3.63) is 18.5 Å². The number of rotatable bonds is 5. The zero-order valence-electron chi connectivity index (χ0n) is 9.06. The first-order valence-electron chi connectivity index (χ1n) is 5.66. The molecule has 0 amide bonds. The molecule has 4 heteroatoms.